The fourth-order valence-corrected chi connectivity index (χ4v) is 3.22. The molecule has 1 N–H and O–H groups in total. The second-order valence-electron chi connectivity index (χ2n) is 5.66. The van der Waals surface area contributed by atoms with Gasteiger partial charge in [-0.2, -0.15) is 0 Å². The van der Waals surface area contributed by atoms with Crippen molar-refractivity contribution < 1.29 is 9.18 Å². The number of benzene rings is 2. The third-order valence-corrected chi connectivity index (χ3v) is 4.83. The Balaban J connectivity index is 1.88. The molecule has 0 saturated heterocycles. The van der Waals surface area contributed by atoms with Crippen molar-refractivity contribution in [1.29, 1.82) is 0 Å². The van der Waals surface area contributed by atoms with Gasteiger partial charge in [0.2, 0.25) is 5.91 Å². The number of hydrogen-bond donors (Lipinski definition) is 1. The first-order chi connectivity index (χ1) is 10.9. The highest BCUT2D eigenvalue weighted by Gasteiger charge is 2.28. The molecule has 2 rings (SSSR count). The predicted octanol–water partition coefficient (Wildman–Crippen LogP) is 4.71. The van der Waals surface area contributed by atoms with Gasteiger partial charge in [-0.1, -0.05) is 29.8 Å². The number of amides is 1. The zero-order chi connectivity index (χ0) is 16.9. The Kier molecular flexibility index (Phi) is 6.08. The van der Waals surface area contributed by atoms with Crippen molar-refractivity contribution in [3.05, 3.63) is 64.9 Å². The molecule has 0 atom stereocenters. The van der Waals surface area contributed by atoms with Crippen LogP contribution < -0.4 is 5.32 Å². The molecule has 2 aromatic carbocycles. The van der Waals surface area contributed by atoms with Crippen molar-refractivity contribution in [2.45, 2.75) is 29.9 Å². The van der Waals surface area contributed by atoms with Gasteiger partial charge in [0.15, 0.2) is 0 Å². The fraction of sp³-hybridized carbons (Fsp3) is 0.278. The Labute approximate surface area is 145 Å². The van der Waals surface area contributed by atoms with Crippen LogP contribution in [-0.2, 0) is 11.2 Å². The van der Waals surface area contributed by atoms with Gasteiger partial charge in [-0.3, -0.25) is 4.79 Å². The summed E-state index contributed by atoms with van der Waals surface area (Å²) >= 11 is 7.33. The lowest BCUT2D eigenvalue weighted by Gasteiger charge is -2.23. The smallest absolute Gasteiger partial charge is 0.236 e. The van der Waals surface area contributed by atoms with Crippen molar-refractivity contribution in [2.75, 3.05) is 6.54 Å². The van der Waals surface area contributed by atoms with Gasteiger partial charge in [-0.05, 0) is 56.2 Å². The quantitative estimate of drug-likeness (QED) is 0.764. The lowest BCUT2D eigenvalue weighted by Crippen LogP contribution is -2.40. The molecular formula is C18H19ClFNOS. The first kappa shape index (κ1) is 17.8. The molecule has 0 radical (unpaired) electrons. The van der Waals surface area contributed by atoms with E-state index >= 15 is 0 Å². The van der Waals surface area contributed by atoms with Crippen molar-refractivity contribution in [3.63, 3.8) is 0 Å². The number of rotatable bonds is 6. The molecule has 23 heavy (non-hydrogen) atoms. The number of halogens is 2. The molecular weight excluding hydrogens is 333 g/mol. The molecule has 0 aromatic heterocycles. The Morgan fingerprint density at radius 3 is 2.48 bits per heavy atom. The van der Waals surface area contributed by atoms with Crippen LogP contribution in [0.3, 0.4) is 0 Å². The largest absolute Gasteiger partial charge is 0.355 e. The van der Waals surface area contributed by atoms with Crippen LogP contribution >= 0.6 is 23.4 Å². The van der Waals surface area contributed by atoms with E-state index in [9.17, 15) is 9.18 Å². The van der Waals surface area contributed by atoms with Crippen LogP contribution in [-0.4, -0.2) is 17.2 Å². The standard InChI is InChI=1S/C18H19ClFNOS/c1-18(2,23-15-9-7-14(19)8-10-15)17(22)21-12-11-13-5-3-4-6-16(13)20/h3-10H,11-12H2,1-2H3,(H,21,22). The van der Waals surface area contributed by atoms with Gasteiger partial charge >= 0.3 is 0 Å². The highest BCUT2D eigenvalue weighted by molar-refractivity contribution is 8.01. The summed E-state index contributed by atoms with van der Waals surface area (Å²) in [5, 5.41) is 3.55. The lowest BCUT2D eigenvalue weighted by atomic mass is 10.1. The minimum Gasteiger partial charge on any atom is -0.355 e. The summed E-state index contributed by atoms with van der Waals surface area (Å²) in [7, 11) is 0. The molecule has 0 unspecified atom stereocenters. The maximum atomic E-state index is 13.5. The average Bonchev–Trinajstić information content (AvgIpc) is 2.51. The molecule has 122 valence electrons. The van der Waals surface area contributed by atoms with Crippen LogP contribution in [0.4, 0.5) is 4.39 Å². The third kappa shape index (κ3) is 5.26. The minimum absolute atomic E-state index is 0.0752. The third-order valence-electron chi connectivity index (χ3n) is 3.37. The topological polar surface area (TPSA) is 29.1 Å². The summed E-state index contributed by atoms with van der Waals surface area (Å²) in [4.78, 5) is 13.3. The van der Waals surface area contributed by atoms with Crippen molar-refractivity contribution in [3.8, 4) is 0 Å². The van der Waals surface area contributed by atoms with Crippen LogP contribution in [0.1, 0.15) is 19.4 Å². The highest BCUT2D eigenvalue weighted by atomic mass is 35.5. The first-order valence-corrected chi connectivity index (χ1v) is 8.54. The molecule has 0 aliphatic heterocycles. The normalized spacial score (nSPS) is 11.3. The molecule has 0 aliphatic carbocycles. The Hall–Kier alpha value is -1.52. The van der Waals surface area contributed by atoms with E-state index in [4.69, 9.17) is 11.6 Å². The van der Waals surface area contributed by atoms with Gasteiger partial charge < -0.3 is 5.32 Å². The second kappa shape index (κ2) is 7.84. The number of hydrogen-bond acceptors (Lipinski definition) is 2. The highest BCUT2D eigenvalue weighted by Crippen LogP contribution is 2.33. The van der Waals surface area contributed by atoms with E-state index in [1.54, 1.807) is 30.3 Å². The van der Waals surface area contributed by atoms with Crippen LogP contribution in [0, 0.1) is 5.82 Å². The predicted molar refractivity (Wildman–Crippen MR) is 94.5 cm³/mol. The molecule has 0 heterocycles. The molecule has 2 aromatic rings. The number of nitrogens with one attached hydrogen (secondary N) is 1. The second-order valence-corrected chi connectivity index (χ2v) is 7.80. The maximum absolute atomic E-state index is 13.5. The average molecular weight is 352 g/mol. The van der Waals surface area contributed by atoms with Gasteiger partial charge in [-0.15, -0.1) is 11.8 Å². The molecule has 0 aliphatic rings. The van der Waals surface area contributed by atoms with Crippen LogP contribution in [0.5, 0.6) is 0 Å². The van der Waals surface area contributed by atoms with E-state index in [1.165, 1.54) is 17.8 Å². The van der Waals surface area contributed by atoms with E-state index in [0.29, 0.717) is 23.6 Å². The molecule has 0 bridgehead atoms. The molecule has 2 nitrogen and oxygen atoms in total. The number of carbonyl (C=O) groups is 1. The van der Waals surface area contributed by atoms with Gasteiger partial charge in [0, 0.05) is 16.5 Å². The first-order valence-electron chi connectivity index (χ1n) is 7.35. The molecule has 0 fully saturated rings. The number of thioether (sulfide) groups is 1. The molecule has 0 spiro atoms. The fourth-order valence-electron chi connectivity index (χ4n) is 2.07. The SMILES string of the molecule is CC(C)(Sc1ccc(Cl)cc1)C(=O)NCCc1ccccc1F. The summed E-state index contributed by atoms with van der Waals surface area (Å²) < 4.78 is 12.9. The van der Waals surface area contributed by atoms with E-state index in [0.717, 1.165) is 4.90 Å². The zero-order valence-corrected chi connectivity index (χ0v) is 14.7. The van der Waals surface area contributed by atoms with Crippen LogP contribution in [0.2, 0.25) is 5.02 Å². The lowest BCUT2D eigenvalue weighted by molar-refractivity contribution is -0.122. The van der Waals surface area contributed by atoms with E-state index in [-0.39, 0.29) is 11.7 Å². The van der Waals surface area contributed by atoms with E-state index in [1.807, 2.05) is 26.0 Å². The molecule has 5 heteroatoms. The van der Waals surface area contributed by atoms with Gasteiger partial charge in [0.1, 0.15) is 5.82 Å². The summed E-state index contributed by atoms with van der Waals surface area (Å²) in [6, 6.07) is 14.0. The summed E-state index contributed by atoms with van der Waals surface area (Å²) in [6.45, 7) is 4.14. The van der Waals surface area contributed by atoms with Crippen LogP contribution in [0.25, 0.3) is 0 Å². The minimum atomic E-state index is -0.622. The van der Waals surface area contributed by atoms with Gasteiger partial charge in [0.05, 0.1) is 4.75 Å². The van der Waals surface area contributed by atoms with Crippen LogP contribution in [0.15, 0.2) is 53.4 Å². The molecule has 1 amide bonds. The van der Waals surface area contributed by atoms with Gasteiger partial charge in [0.25, 0.3) is 0 Å². The maximum Gasteiger partial charge on any atom is 0.236 e. The summed E-state index contributed by atoms with van der Waals surface area (Å²) in [6.07, 6.45) is 0.472. The van der Waals surface area contributed by atoms with E-state index < -0.39 is 4.75 Å². The Bertz CT molecular complexity index is 673. The summed E-state index contributed by atoms with van der Waals surface area (Å²) in [5.74, 6) is -0.315. The monoisotopic (exact) mass is 351 g/mol. The Morgan fingerprint density at radius 1 is 1.17 bits per heavy atom. The zero-order valence-electron chi connectivity index (χ0n) is 13.1. The van der Waals surface area contributed by atoms with Crippen molar-refractivity contribution >= 4 is 29.3 Å². The van der Waals surface area contributed by atoms with Gasteiger partial charge in [-0.25, -0.2) is 4.39 Å². The van der Waals surface area contributed by atoms with Crippen molar-refractivity contribution in [2.24, 2.45) is 0 Å². The number of carbonyl (C=O) groups excluding carboxylic acids is 1. The molecule has 0 saturated carbocycles. The van der Waals surface area contributed by atoms with E-state index in [2.05, 4.69) is 5.32 Å². The van der Waals surface area contributed by atoms with Crippen molar-refractivity contribution in [1.82, 2.24) is 5.32 Å². The summed E-state index contributed by atoms with van der Waals surface area (Å²) in [5.41, 5.74) is 0.607. The Morgan fingerprint density at radius 2 is 1.83 bits per heavy atom.